The zero-order valence-electron chi connectivity index (χ0n) is 29.6. The van der Waals surface area contributed by atoms with Crippen LogP contribution in [0.5, 0.6) is 11.8 Å². The molecule has 0 aromatic carbocycles. The Hall–Kier alpha value is -6.73. The van der Waals surface area contributed by atoms with Gasteiger partial charge in [0.1, 0.15) is 40.2 Å². The van der Waals surface area contributed by atoms with Crippen LogP contribution in [-0.2, 0) is 4.84 Å². The van der Waals surface area contributed by atoms with E-state index in [2.05, 4.69) is 63.5 Å². The van der Waals surface area contributed by atoms with Crippen molar-refractivity contribution in [2.24, 2.45) is 0 Å². The van der Waals surface area contributed by atoms with Gasteiger partial charge in [-0.2, -0.15) is 19.2 Å². The number of anilines is 6. The zero-order valence-corrected chi connectivity index (χ0v) is 29.6. The molecule has 19 nitrogen and oxygen atoms in total. The standard InChI is InChI=1S/C18H23N7O3.C15H17N7O2/c1-18(2,3)28-24-16(26)11-10-21-25-14(19-4)9-13(23-15(11)25)22-12-7-6-8-20-17(12)27-5;1-9(21-23)10-8-18-22-13(16-2)7-12(20-14(10)22)19-11-5-4-6-17-15(11)24-3/h6-10,19H,1-5H3,(H,22,23)(H,24,26);4-8,16,21,23H,1H2,2-3H3,(H,19,20). The van der Waals surface area contributed by atoms with Crippen molar-refractivity contribution in [1.29, 1.82) is 0 Å². The third-order valence-corrected chi connectivity index (χ3v) is 7.07. The van der Waals surface area contributed by atoms with Crippen LogP contribution in [0.1, 0.15) is 36.7 Å². The lowest BCUT2D eigenvalue weighted by molar-refractivity contribution is -0.0589. The third kappa shape index (κ3) is 8.17. The Morgan fingerprint density at radius 1 is 0.808 bits per heavy atom. The van der Waals surface area contributed by atoms with E-state index in [0.717, 1.165) is 0 Å². The van der Waals surface area contributed by atoms with Crippen LogP contribution in [0.2, 0.25) is 0 Å². The van der Waals surface area contributed by atoms with Gasteiger partial charge in [0.05, 0.1) is 43.5 Å². The summed E-state index contributed by atoms with van der Waals surface area (Å²) in [4.78, 5) is 35.3. The van der Waals surface area contributed by atoms with Crippen LogP contribution in [0.25, 0.3) is 17.0 Å². The quantitative estimate of drug-likeness (QED) is 0.0881. The number of hydrogen-bond donors (Lipinski definition) is 7. The van der Waals surface area contributed by atoms with E-state index in [9.17, 15) is 4.79 Å². The summed E-state index contributed by atoms with van der Waals surface area (Å²) in [5.41, 5.74) is 7.32. The Balaban J connectivity index is 0.000000203. The van der Waals surface area contributed by atoms with Crippen molar-refractivity contribution >= 4 is 57.5 Å². The van der Waals surface area contributed by atoms with Crippen molar-refractivity contribution in [1.82, 2.24) is 50.1 Å². The van der Waals surface area contributed by atoms with Gasteiger partial charge in [-0.25, -0.2) is 25.4 Å². The lowest BCUT2D eigenvalue weighted by Crippen LogP contribution is -2.33. The molecule has 6 rings (SSSR count). The number of amides is 1. The maximum atomic E-state index is 12.5. The molecule has 0 unspecified atom stereocenters. The fraction of sp³-hybridized carbons (Fsp3) is 0.242. The maximum Gasteiger partial charge on any atom is 0.280 e. The Morgan fingerprint density at radius 2 is 1.29 bits per heavy atom. The molecule has 1 amide bonds. The summed E-state index contributed by atoms with van der Waals surface area (Å²) in [6.45, 7) is 9.25. The first-order valence-corrected chi connectivity index (χ1v) is 15.7. The van der Waals surface area contributed by atoms with E-state index in [4.69, 9.17) is 19.5 Å². The first-order valence-electron chi connectivity index (χ1n) is 15.7. The molecule has 6 aromatic heterocycles. The number of rotatable bonds is 12. The van der Waals surface area contributed by atoms with E-state index in [0.29, 0.717) is 69.0 Å². The smallest absolute Gasteiger partial charge is 0.280 e. The summed E-state index contributed by atoms with van der Waals surface area (Å²) in [5, 5.41) is 30.0. The second kappa shape index (κ2) is 15.9. The molecule has 52 heavy (non-hydrogen) atoms. The van der Waals surface area contributed by atoms with Crippen molar-refractivity contribution < 1.29 is 24.3 Å². The van der Waals surface area contributed by atoms with Gasteiger partial charge in [-0.1, -0.05) is 6.58 Å². The van der Waals surface area contributed by atoms with Gasteiger partial charge in [0.25, 0.3) is 5.91 Å². The van der Waals surface area contributed by atoms with E-state index >= 15 is 0 Å². The molecular weight excluding hydrogens is 672 g/mol. The highest BCUT2D eigenvalue weighted by atomic mass is 16.7. The van der Waals surface area contributed by atoms with Gasteiger partial charge in [-0.15, -0.1) is 0 Å². The van der Waals surface area contributed by atoms with Gasteiger partial charge in [-0.05, 0) is 45.0 Å². The van der Waals surface area contributed by atoms with Gasteiger partial charge < -0.3 is 30.7 Å². The van der Waals surface area contributed by atoms with E-state index in [1.54, 1.807) is 68.6 Å². The average molecular weight is 713 g/mol. The number of nitrogens with zero attached hydrogens (tertiary/aromatic N) is 8. The Kier molecular flexibility index (Phi) is 11.2. The second-order valence-electron chi connectivity index (χ2n) is 11.7. The summed E-state index contributed by atoms with van der Waals surface area (Å²) < 4.78 is 13.6. The molecule has 0 atom stereocenters. The molecule has 272 valence electrons. The second-order valence-corrected chi connectivity index (χ2v) is 11.7. The van der Waals surface area contributed by atoms with Crippen molar-refractivity contribution in [2.45, 2.75) is 26.4 Å². The molecule has 0 fully saturated rings. The summed E-state index contributed by atoms with van der Waals surface area (Å²) in [6.07, 6.45) is 6.29. The predicted molar refractivity (Wildman–Crippen MR) is 195 cm³/mol. The largest absolute Gasteiger partial charge is 0.480 e. The van der Waals surface area contributed by atoms with E-state index in [1.807, 2.05) is 38.4 Å². The molecule has 7 N–H and O–H groups in total. The number of carbonyl (C=O) groups excluding carboxylic acids is 1. The molecule has 6 aromatic rings. The molecule has 0 spiro atoms. The van der Waals surface area contributed by atoms with E-state index in [1.165, 1.54) is 17.8 Å². The average Bonchev–Trinajstić information content (AvgIpc) is 3.78. The van der Waals surface area contributed by atoms with Gasteiger partial charge in [0.15, 0.2) is 11.3 Å². The van der Waals surface area contributed by atoms with Crippen molar-refractivity contribution in [3.63, 3.8) is 0 Å². The highest BCUT2D eigenvalue weighted by molar-refractivity contribution is 5.99. The molecule has 0 saturated heterocycles. The number of fused-ring (bicyclic) bond motifs is 2. The summed E-state index contributed by atoms with van der Waals surface area (Å²) in [6, 6.07) is 10.8. The number of hydrogen-bond acceptors (Lipinski definition) is 16. The molecule has 0 aliphatic rings. The Labute approximate surface area is 298 Å². The molecule has 0 radical (unpaired) electrons. The van der Waals surface area contributed by atoms with Crippen molar-refractivity contribution in [3.05, 3.63) is 78.9 Å². The molecule has 0 aliphatic heterocycles. The van der Waals surface area contributed by atoms with Crippen molar-refractivity contribution in [3.8, 4) is 11.8 Å². The fourth-order valence-electron chi connectivity index (χ4n) is 4.67. The van der Waals surface area contributed by atoms with Gasteiger partial charge in [0, 0.05) is 38.6 Å². The van der Waals surface area contributed by atoms with Crippen LogP contribution in [0.4, 0.5) is 34.6 Å². The maximum absolute atomic E-state index is 12.5. The van der Waals surface area contributed by atoms with Gasteiger partial charge in [-0.3, -0.25) is 20.3 Å². The zero-order chi connectivity index (χ0) is 37.4. The summed E-state index contributed by atoms with van der Waals surface area (Å²) >= 11 is 0. The molecule has 19 heteroatoms. The van der Waals surface area contributed by atoms with Crippen LogP contribution >= 0.6 is 0 Å². The number of pyridine rings is 2. The van der Waals surface area contributed by atoms with Crippen LogP contribution in [0.3, 0.4) is 0 Å². The molecule has 0 bridgehead atoms. The highest BCUT2D eigenvalue weighted by Gasteiger charge is 2.20. The SMILES string of the molecule is C=C(NO)c1cnn2c(NC)cc(Nc3cccnc3OC)nc12.CNc1cc(Nc2cccnc2OC)nc2c(C(=O)NOC(C)(C)C)cnn12. The third-order valence-electron chi connectivity index (χ3n) is 7.07. The Morgan fingerprint density at radius 3 is 1.73 bits per heavy atom. The van der Waals surface area contributed by atoms with Gasteiger partial charge >= 0.3 is 0 Å². The van der Waals surface area contributed by atoms with Gasteiger partial charge in [0.2, 0.25) is 11.8 Å². The number of hydroxylamine groups is 2. The van der Waals surface area contributed by atoms with Crippen molar-refractivity contribution in [2.75, 3.05) is 49.6 Å². The van der Waals surface area contributed by atoms with E-state index < -0.39 is 11.5 Å². The molecule has 0 saturated carbocycles. The molecule has 0 aliphatic carbocycles. The minimum absolute atomic E-state index is 0.280. The Bertz CT molecular complexity index is 2190. The molecular formula is C33H40N14O5. The number of methoxy groups -OCH3 is 2. The first kappa shape index (κ1) is 36.5. The monoisotopic (exact) mass is 712 g/mol. The molecule has 6 heterocycles. The normalized spacial score (nSPS) is 10.9. The number of nitrogens with one attached hydrogen (secondary N) is 6. The van der Waals surface area contributed by atoms with Crippen LogP contribution in [-0.4, -0.2) is 84.2 Å². The van der Waals surface area contributed by atoms with Crippen LogP contribution in [0.15, 0.2) is 67.8 Å². The van der Waals surface area contributed by atoms with Crippen LogP contribution in [0, 0.1) is 0 Å². The lowest BCUT2D eigenvalue weighted by atomic mass is 10.2. The fourth-order valence-corrected chi connectivity index (χ4v) is 4.67. The van der Waals surface area contributed by atoms with Crippen LogP contribution < -0.4 is 41.7 Å². The number of ether oxygens (including phenoxy) is 2. The topological polar surface area (TPSA) is 223 Å². The summed E-state index contributed by atoms with van der Waals surface area (Å²) in [7, 11) is 6.63. The predicted octanol–water partition coefficient (Wildman–Crippen LogP) is 4.25. The summed E-state index contributed by atoms with van der Waals surface area (Å²) in [5.74, 6) is 2.87. The minimum atomic E-state index is -0.522. The highest BCUT2D eigenvalue weighted by Crippen LogP contribution is 2.28. The number of aromatic nitrogens is 8. The first-order chi connectivity index (χ1) is 25.0. The minimum Gasteiger partial charge on any atom is -0.480 e. The van der Waals surface area contributed by atoms with E-state index in [-0.39, 0.29) is 5.56 Å². The lowest BCUT2D eigenvalue weighted by Gasteiger charge is -2.18. The number of carbonyl (C=O) groups is 1.